The van der Waals surface area contributed by atoms with Crippen LogP contribution in [-0.2, 0) is 6.42 Å². The predicted octanol–water partition coefficient (Wildman–Crippen LogP) is 3.81. The Morgan fingerprint density at radius 1 is 0.765 bits per heavy atom. The molecule has 0 saturated heterocycles. The fraction of sp³-hybridized carbons (Fsp3) is 0.0625. The van der Waals surface area contributed by atoms with Crippen LogP contribution in [0.4, 0.5) is 0 Å². The largest absolute Gasteiger partial charge is 0.256 e. The minimum atomic E-state index is 1.02. The molecule has 0 atom stereocenters. The molecule has 2 aromatic carbocycles. The van der Waals surface area contributed by atoms with E-state index in [0.29, 0.717) is 0 Å². The molecule has 3 aromatic rings. The van der Waals surface area contributed by atoms with Crippen LogP contribution in [0.1, 0.15) is 11.1 Å². The first-order valence-corrected chi connectivity index (χ1v) is 5.88. The van der Waals surface area contributed by atoms with Gasteiger partial charge >= 0.3 is 0 Å². The first kappa shape index (κ1) is 8.94. The Balaban J connectivity index is 2.22. The summed E-state index contributed by atoms with van der Waals surface area (Å²) in [6.07, 6.45) is 2.93. The molecule has 1 aliphatic carbocycles. The van der Waals surface area contributed by atoms with Gasteiger partial charge in [0, 0.05) is 11.6 Å². The van der Waals surface area contributed by atoms with Crippen LogP contribution in [-0.4, -0.2) is 4.98 Å². The van der Waals surface area contributed by atoms with Gasteiger partial charge in [-0.15, -0.1) is 0 Å². The van der Waals surface area contributed by atoms with E-state index >= 15 is 0 Å². The van der Waals surface area contributed by atoms with Crippen LogP contribution in [0, 0.1) is 0 Å². The highest BCUT2D eigenvalue weighted by atomic mass is 14.6. The van der Waals surface area contributed by atoms with Crippen molar-refractivity contribution < 1.29 is 0 Å². The molecule has 80 valence electrons. The number of pyridine rings is 1. The zero-order valence-corrected chi connectivity index (χ0v) is 9.35. The summed E-state index contributed by atoms with van der Waals surface area (Å²) in [6.45, 7) is 0. The minimum Gasteiger partial charge on any atom is -0.256 e. The lowest BCUT2D eigenvalue weighted by molar-refractivity contribution is 1.18. The topological polar surface area (TPSA) is 12.9 Å². The lowest BCUT2D eigenvalue weighted by atomic mass is 9.85. The molecule has 0 bridgehead atoms. The quantitative estimate of drug-likeness (QED) is 0.436. The molecule has 0 fully saturated rings. The summed E-state index contributed by atoms with van der Waals surface area (Å²) < 4.78 is 0. The SMILES string of the molecule is c1ccc2c(c1)Cc1ccnc3cccc-2c13. The fourth-order valence-corrected chi connectivity index (χ4v) is 2.79. The number of rotatable bonds is 0. The molecule has 0 unspecified atom stereocenters. The number of fused-ring (bicyclic) bond motifs is 2. The molecular formula is C16H11N. The molecule has 0 aliphatic heterocycles. The summed E-state index contributed by atoms with van der Waals surface area (Å²) in [4.78, 5) is 4.46. The smallest absolute Gasteiger partial charge is 0.0711 e. The summed E-state index contributed by atoms with van der Waals surface area (Å²) in [5.41, 5.74) is 6.60. The normalized spacial score (nSPS) is 12.5. The Bertz CT molecular complexity index is 723. The molecule has 0 spiro atoms. The maximum atomic E-state index is 4.46. The second kappa shape index (κ2) is 3.17. The van der Waals surface area contributed by atoms with Gasteiger partial charge in [-0.1, -0.05) is 36.4 Å². The summed E-state index contributed by atoms with van der Waals surface area (Å²) in [7, 11) is 0. The molecule has 1 aliphatic rings. The van der Waals surface area contributed by atoms with Crippen LogP contribution in [0.5, 0.6) is 0 Å². The van der Waals surface area contributed by atoms with E-state index in [1.165, 1.54) is 27.6 Å². The third kappa shape index (κ3) is 1.17. The molecule has 0 radical (unpaired) electrons. The van der Waals surface area contributed by atoms with Gasteiger partial charge in [0.15, 0.2) is 0 Å². The molecule has 1 nitrogen and oxygen atoms in total. The number of nitrogens with zero attached hydrogens (tertiary/aromatic N) is 1. The third-order valence-electron chi connectivity index (χ3n) is 3.54. The van der Waals surface area contributed by atoms with Gasteiger partial charge in [0.25, 0.3) is 0 Å². The minimum absolute atomic E-state index is 1.02. The summed E-state index contributed by atoms with van der Waals surface area (Å²) >= 11 is 0. The summed E-state index contributed by atoms with van der Waals surface area (Å²) in [5, 5.41) is 1.33. The zero-order chi connectivity index (χ0) is 11.2. The number of benzene rings is 2. The van der Waals surface area contributed by atoms with E-state index in [9.17, 15) is 0 Å². The van der Waals surface area contributed by atoms with Gasteiger partial charge in [0.2, 0.25) is 0 Å². The second-order valence-corrected chi connectivity index (χ2v) is 4.50. The van der Waals surface area contributed by atoms with Gasteiger partial charge in [-0.05, 0) is 40.8 Å². The molecule has 0 N–H and O–H groups in total. The summed E-state index contributed by atoms with van der Waals surface area (Å²) in [6, 6.07) is 17.2. The highest BCUT2D eigenvalue weighted by Gasteiger charge is 2.17. The van der Waals surface area contributed by atoms with Crippen LogP contribution >= 0.6 is 0 Å². The summed E-state index contributed by atoms with van der Waals surface area (Å²) in [5.74, 6) is 0. The van der Waals surface area contributed by atoms with Crippen LogP contribution in [0.2, 0.25) is 0 Å². The average Bonchev–Trinajstić information content (AvgIpc) is 2.39. The molecule has 4 rings (SSSR count). The van der Waals surface area contributed by atoms with Gasteiger partial charge in [-0.2, -0.15) is 0 Å². The van der Waals surface area contributed by atoms with E-state index in [2.05, 4.69) is 53.5 Å². The number of aromatic nitrogens is 1. The maximum absolute atomic E-state index is 4.46. The Morgan fingerprint density at radius 3 is 2.65 bits per heavy atom. The number of hydrogen-bond donors (Lipinski definition) is 0. The Kier molecular flexibility index (Phi) is 1.67. The van der Waals surface area contributed by atoms with Crippen molar-refractivity contribution in [3.05, 3.63) is 65.9 Å². The van der Waals surface area contributed by atoms with Gasteiger partial charge in [-0.25, -0.2) is 0 Å². The third-order valence-corrected chi connectivity index (χ3v) is 3.54. The van der Waals surface area contributed by atoms with Crippen molar-refractivity contribution >= 4 is 10.9 Å². The first-order chi connectivity index (χ1) is 8.43. The first-order valence-electron chi connectivity index (χ1n) is 5.88. The lowest BCUT2D eigenvalue weighted by Crippen LogP contribution is -2.01. The van der Waals surface area contributed by atoms with Crippen molar-refractivity contribution in [2.75, 3.05) is 0 Å². The molecule has 1 heterocycles. The standard InChI is InChI=1S/C16H11N/c1-2-5-13-11(4-1)10-12-8-9-17-15-7-3-6-14(13)16(12)15/h1-9H,10H2. The van der Waals surface area contributed by atoms with Gasteiger partial charge in [-0.3, -0.25) is 4.98 Å². The monoisotopic (exact) mass is 217 g/mol. The molecule has 17 heavy (non-hydrogen) atoms. The van der Waals surface area contributed by atoms with Crippen molar-refractivity contribution in [3.8, 4) is 11.1 Å². The highest BCUT2D eigenvalue weighted by molar-refractivity contribution is 5.99. The predicted molar refractivity (Wildman–Crippen MR) is 70.0 cm³/mol. The Morgan fingerprint density at radius 2 is 1.65 bits per heavy atom. The highest BCUT2D eigenvalue weighted by Crippen LogP contribution is 2.38. The van der Waals surface area contributed by atoms with Crippen molar-refractivity contribution in [2.24, 2.45) is 0 Å². The van der Waals surface area contributed by atoms with E-state index < -0.39 is 0 Å². The van der Waals surface area contributed by atoms with Crippen molar-refractivity contribution in [2.45, 2.75) is 6.42 Å². The van der Waals surface area contributed by atoms with Crippen LogP contribution in [0.15, 0.2) is 54.7 Å². The van der Waals surface area contributed by atoms with E-state index in [-0.39, 0.29) is 0 Å². The molecule has 0 amide bonds. The average molecular weight is 217 g/mol. The fourth-order valence-electron chi connectivity index (χ4n) is 2.79. The molecule has 1 aromatic heterocycles. The van der Waals surface area contributed by atoms with E-state index in [1.807, 2.05) is 6.20 Å². The Labute approximate surface area is 99.7 Å². The van der Waals surface area contributed by atoms with Crippen LogP contribution in [0.25, 0.3) is 22.0 Å². The maximum Gasteiger partial charge on any atom is 0.0711 e. The lowest BCUT2D eigenvalue weighted by Gasteiger charge is -2.19. The van der Waals surface area contributed by atoms with Crippen molar-refractivity contribution in [3.63, 3.8) is 0 Å². The zero-order valence-electron chi connectivity index (χ0n) is 9.35. The molecular weight excluding hydrogens is 206 g/mol. The van der Waals surface area contributed by atoms with Gasteiger partial charge < -0.3 is 0 Å². The van der Waals surface area contributed by atoms with Crippen LogP contribution < -0.4 is 0 Å². The Hall–Kier alpha value is -2.15. The van der Waals surface area contributed by atoms with Gasteiger partial charge in [0.05, 0.1) is 5.52 Å². The van der Waals surface area contributed by atoms with E-state index in [0.717, 1.165) is 11.9 Å². The molecule has 0 saturated carbocycles. The van der Waals surface area contributed by atoms with Crippen LogP contribution in [0.3, 0.4) is 0 Å². The van der Waals surface area contributed by atoms with E-state index in [4.69, 9.17) is 0 Å². The number of hydrogen-bond acceptors (Lipinski definition) is 1. The van der Waals surface area contributed by atoms with Gasteiger partial charge in [0.1, 0.15) is 0 Å². The second-order valence-electron chi connectivity index (χ2n) is 4.50. The van der Waals surface area contributed by atoms with E-state index in [1.54, 1.807) is 0 Å². The van der Waals surface area contributed by atoms with Crippen molar-refractivity contribution in [1.29, 1.82) is 0 Å². The molecule has 1 heteroatoms. The van der Waals surface area contributed by atoms with Crippen molar-refractivity contribution in [1.82, 2.24) is 4.98 Å².